The van der Waals surface area contributed by atoms with Crippen molar-refractivity contribution in [2.24, 2.45) is 5.92 Å². The number of hydrogen-bond donors (Lipinski definition) is 2. The van der Waals surface area contributed by atoms with Crippen LogP contribution in [0.3, 0.4) is 0 Å². The van der Waals surface area contributed by atoms with E-state index in [2.05, 4.69) is 17.6 Å². The minimum absolute atomic E-state index is 0.00286. The average Bonchev–Trinajstić information content (AvgIpc) is 2.57. The summed E-state index contributed by atoms with van der Waals surface area (Å²) in [4.78, 5) is 12.2. The summed E-state index contributed by atoms with van der Waals surface area (Å²) < 4.78 is 0. The highest BCUT2D eigenvalue weighted by molar-refractivity contribution is 7.10. The Balaban J connectivity index is 1.84. The van der Waals surface area contributed by atoms with Crippen molar-refractivity contribution in [3.63, 3.8) is 0 Å². The summed E-state index contributed by atoms with van der Waals surface area (Å²) in [5.74, 6) is 0.868. The normalized spacial score (nSPS) is 23.9. The fourth-order valence-corrected chi connectivity index (χ4v) is 2.87. The quantitative estimate of drug-likeness (QED) is 0.846. The van der Waals surface area contributed by atoms with Gasteiger partial charge in [0.2, 0.25) is 5.91 Å². The van der Waals surface area contributed by atoms with Crippen LogP contribution in [0.15, 0.2) is 11.4 Å². The van der Waals surface area contributed by atoms with Crippen LogP contribution in [0, 0.1) is 5.92 Å². The van der Waals surface area contributed by atoms with Crippen molar-refractivity contribution in [3.8, 4) is 0 Å². The van der Waals surface area contributed by atoms with E-state index < -0.39 is 0 Å². The van der Waals surface area contributed by atoms with E-state index in [4.69, 9.17) is 0 Å². The lowest BCUT2D eigenvalue weighted by Crippen LogP contribution is -2.39. The highest BCUT2D eigenvalue weighted by atomic mass is 32.1. The second kappa shape index (κ2) is 4.97. The van der Waals surface area contributed by atoms with E-state index in [1.807, 2.05) is 11.4 Å². The van der Waals surface area contributed by atoms with Crippen LogP contribution < -0.4 is 10.6 Å². The number of thiophene rings is 1. The van der Waals surface area contributed by atoms with Gasteiger partial charge < -0.3 is 10.6 Å². The lowest BCUT2D eigenvalue weighted by Gasteiger charge is -2.33. The maximum atomic E-state index is 11.0. The summed E-state index contributed by atoms with van der Waals surface area (Å²) in [6, 6.07) is 2.63. The molecule has 0 bridgehead atoms. The van der Waals surface area contributed by atoms with Gasteiger partial charge in [0.15, 0.2) is 0 Å². The van der Waals surface area contributed by atoms with Crippen LogP contribution >= 0.6 is 11.3 Å². The van der Waals surface area contributed by atoms with Crippen LogP contribution in [0.5, 0.6) is 0 Å². The zero-order chi connectivity index (χ0) is 11.5. The first kappa shape index (κ1) is 11.6. The summed E-state index contributed by atoms with van der Waals surface area (Å²) >= 11 is 1.69. The maximum absolute atomic E-state index is 11.0. The zero-order valence-corrected chi connectivity index (χ0v) is 10.6. The molecule has 1 aliphatic carbocycles. The molecule has 1 amide bonds. The van der Waals surface area contributed by atoms with Crippen LogP contribution in [-0.2, 0) is 11.3 Å². The van der Waals surface area contributed by atoms with E-state index in [1.165, 1.54) is 17.7 Å². The largest absolute Gasteiger partial charge is 0.325 e. The van der Waals surface area contributed by atoms with Crippen molar-refractivity contribution < 1.29 is 4.79 Å². The highest BCUT2D eigenvalue weighted by Crippen LogP contribution is 2.28. The Bertz CT molecular complexity index is 369. The lowest BCUT2D eigenvalue weighted by molar-refractivity contribution is -0.114. The molecule has 1 aromatic heterocycles. The summed E-state index contributed by atoms with van der Waals surface area (Å²) in [6.07, 6.45) is 2.56. The van der Waals surface area contributed by atoms with Crippen molar-refractivity contribution in [1.29, 1.82) is 0 Å². The molecule has 0 aliphatic heterocycles. The number of amides is 1. The minimum Gasteiger partial charge on any atom is -0.325 e. The van der Waals surface area contributed by atoms with Gasteiger partial charge in [-0.3, -0.25) is 4.79 Å². The molecule has 1 aliphatic rings. The molecular formula is C12H18N2OS. The third-order valence-electron chi connectivity index (χ3n) is 2.98. The smallest absolute Gasteiger partial charge is 0.221 e. The van der Waals surface area contributed by atoms with Gasteiger partial charge in [-0.1, -0.05) is 6.92 Å². The summed E-state index contributed by atoms with van der Waals surface area (Å²) in [5.41, 5.74) is 0.956. The predicted octanol–water partition coefficient (Wildman–Crippen LogP) is 2.59. The van der Waals surface area contributed by atoms with Gasteiger partial charge in [0.05, 0.1) is 5.69 Å². The van der Waals surface area contributed by atoms with Gasteiger partial charge in [0.25, 0.3) is 0 Å². The first-order chi connectivity index (χ1) is 7.65. The number of carbonyl (C=O) groups excluding carboxylic acids is 1. The van der Waals surface area contributed by atoms with E-state index in [9.17, 15) is 4.79 Å². The number of nitrogens with one attached hydrogen (secondary N) is 2. The van der Waals surface area contributed by atoms with Gasteiger partial charge in [-0.2, -0.15) is 0 Å². The van der Waals surface area contributed by atoms with E-state index >= 15 is 0 Å². The van der Waals surface area contributed by atoms with Crippen molar-refractivity contribution in [3.05, 3.63) is 16.3 Å². The Morgan fingerprint density at radius 2 is 2.31 bits per heavy atom. The summed E-state index contributed by atoms with van der Waals surface area (Å²) in [6.45, 7) is 4.69. The van der Waals surface area contributed by atoms with Crippen LogP contribution in [0.4, 0.5) is 5.69 Å². The molecule has 0 aromatic carbocycles. The molecule has 0 radical (unpaired) electrons. The van der Waals surface area contributed by atoms with E-state index in [0.717, 1.165) is 18.2 Å². The molecule has 16 heavy (non-hydrogen) atoms. The van der Waals surface area contributed by atoms with E-state index in [0.29, 0.717) is 6.04 Å². The van der Waals surface area contributed by atoms with Crippen molar-refractivity contribution in [2.75, 3.05) is 5.32 Å². The predicted molar refractivity (Wildman–Crippen MR) is 67.6 cm³/mol. The van der Waals surface area contributed by atoms with Crippen LogP contribution in [0.25, 0.3) is 0 Å². The number of rotatable bonds is 4. The third-order valence-corrected chi connectivity index (χ3v) is 3.90. The molecule has 0 atom stereocenters. The summed E-state index contributed by atoms with van der Waals surface area (Å²) in [7, 11) is 0. The van der Waals surface area contributed by atoms with E-state index in [1.54, 1.807) is 18.3 Å². The van der Waals surface area contributed by atoms with Gasteiger partial charge in [-0.15, -0.1) is 11.3 Å². The van der Waals surface area contributed by atoms with Gasteiger partial charge >= 0.3 is 0 Å². The molecular weight excluding hydrogens is 220 g/mol. The number of hydrogen-bond acceptors (Lipinski definition) is 3. The molecule has 3 nitrogen and oxygen atoms in total. The van der Waals surface area contributed by atoms with Crippen molar-refractivity contribution >= 4 is 22.9 Å². The third kappa shape index (κ3) is 2.83. The van der Waals surface area contributed by atoms with Gasteiger partial charge in [-0.25, -0.2) is 0 Å². The molecule has 2 N–H and O–H groups in total. The monoisotopic (exact) mass is 238 g/mol. The first-order valence-electron chi connectivity index (χ1n) is 5.72. The van der Waals surface area contributed by atoms with Gasteiger partial charge in [-0.05, 0) is 30.2 Å². The zero-order valence-electron chi connectivity index (χ0n) is 9.75. The maximum Gasteiger partial charge on any atom is 0.221 e. The Morgan fingerprint density at radius 3 is 2.94 bits per heavy atom. The lowest BCUT2D eigenvalue weighted by atomic mass is 9.82. The number of anilines is 1. The van der Waals surface area contributed by atoms with Crippen LogP contribution in [0.2, 0.25) is 0 Å². The molecule has 88 valence electrons. The molecule has 1 aromatic rings. The topological polar surface area (TPSA) is 41.1 Å². The molecule has 4 heteroatoms. The van der Waals surface area contributed by atoms with Crippen molar-refractivity contribution in [2.45, 2.75) is 39.3 Å². The Morgan fingerprint density at radius 1 is 1.56 bits per heavy atom. The second-order valence-electron chi connectivity index (χ2n) is 4.59. The fraction of sp³-hybridized carbons (Fsp3) is 0.583. The molecule has 2 rings (SSSR count). The SMILES string of the molecule is CC(=O)Nc1ccsc1CNC1CC(C)C1. The molecule has 0 saturated heterocycles. The number of carbonyl (C=O) groups is 1. The summed E-state index contributed by atoms with van der Waals surface area (Å²) in [5, 5.41) is 8.40. The van der Waals surface area contributed by atoms with Crippen LogP contribution in [0.1, 0.15) is 31.6 Å². The Kier molecular flexibility index (Phi) is 3.61. The van der Waals surface area contributed by atoms with E-state index in [-0.39, 0.29) is 5.91 Å². The fourth-order valence-electron chi connectivity index (χ4n) is 2.08. The van der Waals surface area contributed by atoms with Gasteiger partial charge in [0.1, 0.15) is 0 Å². The average molecular weight is 238 g/mol. The molecule has 0 unspecified atom stereocenters. The molecule has 1 fully saturated rings. The first-order valence-corrected chi connectivity index (χ1v) is 6.60. The van der Waals surface area contributed by atoms with Gasteiger partial charge in [0, 0.05) is 24.4 Å². The Labute approximate surface area is 100 Å². The molecule has 1 heterocycles. The Hall–Kier alpha value is -0.870. The highest BCUT2D eigenvalue weighted by Gasteiger charge is 2.24. The minimum atomic E-state index is -0.00286. The van der Waals surface area contributed by atoms with Crippen LogP contribution in [-0.4, -0.2) is 11.9 Å². The second-order valence-corrected chi connectivity index (χ2v) is 5.59. The molecule has 0 spiro atoms. The van der Waals surface area contributed by atoms with Crippen molar-refractivity contribution in [1.82, 2.24) is 5.32 Å². The molecule has 1 saturated carbocycles. The standard InChI is InChI=1S/C12H18N2OS/c1-8-5-10(6-8)13-7-12-11(3-4-16-12)14-9(2)15/h3-4,8,10,13H,5-7H2,1-2H3,(H,14,15).